The SMILES string of the molecule is CCC(C)(OC)C(=O)Nc1ccc(F)cc1C#CCCO. The van der Waals surface area contributed by atoms with Crippen LogP contribution in [0.1, 0.15) is 32.3 Å². The van der Waals surface area contributed by atoms with Crippen LogP contribution in [0.15, 0.2) is 18.2 Å². The number of carbonyl (C=O) groups excluding carboxylic acids is 1. The van der Waals surface area contributed by atoms with E-state index in [1.54, 1.807) is 6.92 Å². The van der Waals surface area contributed by atoms with Crippen molar-refractivity contribution in [1.82, 2.24) is 0 Å². The van der Waals surface area contributed by atoms with E-state index in [0.29, 0.717) is 17.7 Å². The number of aliphatic hydroxyl groups is 1. The van der Waals surface area contributed by atoms with Crippen molar-refractivity contribution >= 4 is 11.6 Å². The Hall–Kier alpha value is -1.90. The van der Waals surface area contributed by atoms with Gasteiger partial charge < -0.3 is 15.2 Å². The van der Waals surface area contributed by atoms with Crippen molar-refractivity contribution in [1.29, 1.82) is 0 Å². The second-order valence-corrected chi connectivity index (χ2v) is 4.71. The third-order valence-electron chi connectivity index (χ3n) is 3.30. The number of carbonyl (C=O) groups is 1. The van der Waals surface area contributed by atoms with Crippen LogP contribution in [0, 0.1) is 17.7 Å². The highest BCUT2D eigenvalue weighted by atomic mass is 19.1. The van der Waals surface area contributed by atoms with Gasteiger partial charge in [-0.1, -0.05) is 18.8 Å². The number of hydrogen-bond acceptors (Lipinski definition) is 3. The van der Waals surface area contributed by atoms with Crippen LogP contribution in [0.25, 0.3) is 0 Å². The molecule has 1 aromatic rings. The van der Waals surface area contributed by atoms with Crippen molar-refractivity contribution < 1.29 is 19.0 Å². The third kappa shape index (κ3) is 4.55. The molecule has 0 saturated heterocycles. The Bertz CT molecular complexity index is 556. The fourth-order valence-corrected chi connectivity index (χ4v) is 1.59. The average molecular weight is 293 g/mol. The van der Waals surface area contributed by atoms with Gasteiger partial charge in [0.1, 0.15) is 11.4 Å². The maximum Gasteiger partial charge on any atom is 0.256 e. The zero-order chi connectivity index (χ0) is 15.9. The Morgan fingerprint density at radius 2 is 2.24 bits per heavy atom. The number of aliphatic hydroxyl groups excluding tert-OH is 1. The molecule has 1 atom stereocenters. The minimum atomic E-state index is -0.954. The van der Waals surface area contributed by atoms with E-state index < -0.39 is 11.4 Å². The van der Waals surface area contributed by atoms with Crippen molar-refractivity contribution in [3.05, 3.63) is 29.6 Å². The van der Waals surface area contributed by atoms with Crippen LogP contribution >= 0.6 is 0 Å². The van der Waals surface area contributed by atoms with Gasteiger partial charge in [-0.15, -0.1) is 0 Å². The quantitative estimate of drug-likeness (QED) is 0.819. The van der Waals surface area contributed by atoms with Gasteiger partial charge in [0.2, 0.25) is 0 Å². The molecule has 0 radical (unpaired) electrons. The van der Waals surface area contributed by atoms with Gasteiger partial charge in [0.15, 0.2) is 0 Å². The van der Waals surface area contributed by atoms with Gasteiger partial charge in [-0.25, -0.2) is 4.39 Å². The van der Waals surface area contributed by atoms with Crippen LogP contribution in [-0.4, -0.2) is 30.3 Å². The number of methoxy groups -OCH3 is 1. The molecular weight excluding hydrogens is 273 g/mol. The number of hydrogen-bond donors (Lipinski definition) is 2. The Kier molecular flexibility index (Phi) is 6.35. The van der Waals surface area contributed by atoms with Crippen molar-refractivity contribution in [3.63, 3.8) is 0 Å². The first kappa shape index (κ1) is 17.2. The van der Waals surface area contributed by atoms with Crippen LogP contribution in [0.5, 0.6) is 0 Å². The topological polar surface area (TPSA) is 58.6 Å². The summed E-state index contributed by atoms with van der Waals surface area (Å²) < 4.78 is 18.5. The summed E-state index contributed by atoms with van der Waals surface area (Å²) in [6.07, 6.45) is 0.788. The van der Waals surface area contributed by atoms with Gasteiger partial charge in [-0.3, -0.25) is 4.79 Å². The summed E-state index contributed by atoms with van der Waals surface area (Å²) >= 11 is 0. The smallest absolute Gasteiger partial charge is 0.256 e. The normalized spacial score (nSPS) is 13.0. The minimum absolute atomic E-state index is 0.0679. The minimum Gasteiger partial charge on any atom is -0.395 e. The lowest BCUT2D eigenvalue weighted by atomic mass is 10.0. The highest BCUT2D eigenvalue weighted by Gasteiger charge is 2.31. The van der Waals surface area contributed by atoms with Crippen molar-refractivity contribution in [2.45, 2.75) is 32.3 Å². The van der Waals surface area contributed by atoms with Crippen LogP contribution < -0.4 is 5.32 Å². The second-order valence-electron chi connectivity index (χ2n) is 4.71. The molecule has 1 unspecified atom stereocenters. The zero-order valence-corrected chi connectivity index (χ0v) is 12.5. The van der Waals surface area contributed by atoms with Gasteiger partial charge in [0.25, 0.3) is 5.91 Å². The molecule has 0 aliphatic heterocycles. The number of anilines is 1. The Morgan fingerprint density at radius 3 is 2.81 bits per heavy atom. The monoisotopic (exact) mass is 293 g/mol. The summed E-state index contributed by atoms with van der Waals surface area (Å²) in [6, 6.07) is 3.96. The molecule has 0 spiro atoms. The summed E-state index contributed by atoms with van der Waals surface area (Å²) in [5, 5.41) is 11.4. The molecule has 0 saturated carbocycles. The van der Waals surface area contributed by atoms with E-state index in [-0.39, 0.29) is 18.9 Å². The molecular formula is C16H20FNO3. The first-order valence-corrected chi connectivity index (χ1v) is 6.72. The molecule has 0 heterocycles. The van der Waals surface area contributed by atoms with Gasteiger partial charge in [0.05, 0.1) is 17.9 Å². The molecule has 0 bridgehead atoms. The molecule has 114 valence electrons. The Labute approximate surface area is 124 Å². The van der Waals surface area contributed by atoms with Crippen LogP contribution in [0.2, 0.25) is 0 Å². The molecule has 5 heteroatoms. The van der Waals surface area contributed by atoms with Crippen molar-refractivity contribution in [2.75, 3.05) is 19.0 Å². The molecule has 1 rings (SSSR count). The van der Waals surface area contributed by atoms with E-state index in [0.717, 1.165) is 0 Å². The summed E-state index contributed by atoms with van der Waals surface area (Å²) in [5.41, 5.74) is -0.167. The molecule has 2 N–H and O–H groups in total. The lowest BCUT2D eigenvalue weighted by Crippen LogP contribution is -2.41. The Balaban J connectivity index is 3.03. The number of benzene rings is 1. The highest BCUT2D eigenvalue weighted by Crippen LogP contribution is 2.21. The zero-order valence-electron chi connectivity index (χ0n) is 12.5. The lowest BCUT2D eigenvalue weighted by Gasteiger charge is -2.25. The fraction of sp³-hybridized carbons (Fsp3) is 0.438. The maximum atomic E-state index is 13.3. The highest BCUT2D eigenvalue weighted by molar-refractivity contribution is 5.98. The van der Waals surface area contributed by atoms with E-state index in [2.05, 4.69) is 17.2 Å². The van der Waals surface area contributed by atoms with Crippen molar-refractivity contribution in [3.8, 4) is 11.8 Å². The van der Waals surface area contributed by atoms with E-state index >= 15 is 0 Å². The number of rotatable bonds is 5. The number of nitrogens with one attached hydrogen (secondary N) is 1. The predicted molar refractivity (Wildman–Crippen MR) is 79.3 cm³/mol. The fourth-order valence-electron chi connectivity index (χ4n) is 1.59. The van der Waals surface area contributed by atoms with Crippen molar-refractivity contribution in [2.24, 2.45) is 0 Å². The molecule has 0 fully saturated rings. The summed E-state index contributed by atoms with van der Waals surface area (Å²) in [7, 11) is 1.47. The predicted octanol–water partition coefficient (Wildman–Crippen LogP) is 2.31. The first-order valence-electron chi connectivity index (χ1n) is 6.72. The molecule has 1 amide bonds. The molecule has 0 aliphatic carbocycles. The largest absolute Gasteiger partial charge is 0.395 e. The number of halogens is 1. The molecule has 0 aliphatic rings. The van der Waals surface area contributed by atoms with E-state index in [9.17, 15) is 9.18 Å². The molecule has 1 aromatic carbocycles. The Morgan fingerprint density at radius 1 is 1.52 bits per heavy atom. The van der Waals surface area contributed by atoms with E-state index in [1.807, 2.05) is 6.92 Å². The number of amides is 1. The summed E-state index contributed by atoms with van der Waals surface area (Å²) in [5.74, 6) is 4.70. The standard InChI is InChI=1S/C16H20FNO3/c1-4-16(2,21-3)15(20)18-14-9-8-13(17)11-12(14)7-5-6-10-19/h8-9,11,19H,4,6,10H2,1-3H3,(H,18,20). The summed E-state index contributed by atoms with van der Waals surface area (Å²) in [4.78, 5) is 12.2. The van der Waals surface area contributed by atoms with Gasteiger partial charge in [-0.2, -0.15) is 0 Å². The lowest BCUT2D eigenvalue weighted by molar-refractivity contribution is -0.136. The average Bonchev–Trinajstić information content (AvgIpc) is 2.49. The van der Waals surface area contributed by atoms with E-state index in [4.69, 9.17) is 9.84 Å². The second kappa shape index (κ2) is 7.77. The summed E-state index contributed by atoms with van der Waals surface area (Å²) in [6.45, 7) is 3.46. The van der Waals surface area contributed by atoms with Crippen LogP contribution in [0.4, 0.5) is 10.1 Å². The molecule has 21 heavy (non-hydrogen) atoms. The van der Waals surface area contributed by atoms with Crippen LogP contribution in [0.3, 0.4) is 0 Å². The molecule has 4 nitrogen and oxygen atoms in total. The first-order chi connectivity index (χ1) is 9.96. The van der Waals surface area contributed by atoms with E-state index in [1.165, 1.54) is 25.3 Å². The maximum absolute atomic E-state index is 13.3. The van der Waals surface area contributed by atoms with Gasteiger partial charge >= 0.3 is 0 Å². The third-order valence-corrected chi connectivity index (χ3v) is 3.30. The van der Waals surface area contributed by atoms with Gasteiger partial charge in [-0.05, 0) is 31.5 Å². The van der Waals surface area contributed by atoms with Crippen LogP contribution in [-0.2, 0) is 9.53 Å². The molecule has 0 aromatic heterocycles. The number of ether oxygens (including phenoxy) is 1. The van der Waals surface area contributed by atoms with Gasteiger partial charge in [0, 0.05) is 13.5 Å².